The van der Waals surface area contributed by atoms with Gasteiger partial charge in [0.1, 0.15) is 11.3 Å². The van der Waals surface area contributed by atoms with Crippen LogP contribution in [0.25, 0.3) is 10.8 Å². The third kappa shape index (κ3) is 2.88. The van der Waals surface area contributed by atoms with Crippen molar-refractivity contribution in [3.05, 3.63) is 71.8 Å². The first-order valence-electron chi connectivity index (χ1n) is 8.40. The van der Waals surface area contributed by atoms with Gasteiger partial charge in [-0.1, -0.05) is 42.5 Å². The van der Waals surface area contributed by atoms with Crippen molar-refractivity contribution < 1.29 is 19.4 Å². The molecule has 1 N–H and O–H groups in total. The minimum atomic E-state index is -0.714. The summed E-state index contributed by atoms with van der Waals surface area (Å²) in [5.74, 6) is -1.15. The molecule has 1 aliphatic heterocycles. The Morgan fingerprint density at radius 3 is 2.50 bits per heavy atom. The highest BCUT2D eigenvalue weighted by atomic mass is 16.5. The van der Waals surface area contributed by atoms with E-state index in [0.717, 1.165) is 28.4 Å². The van der Waals surface area contributed by atoms with Gasteiger partial charge in [0.25, 0.3) is 5.91 Å². The molecule has 5 nitrogen and oxygen atoms in total. The number of para-hydroxylation sites is 1. The summed E-state index contributed by atoms with van der Waals surface area (Å²) in [6.45, 7) is 0.219. The molecule has 3 aromatic rings. The van der Waals surface area contributed by atoms with Crippen molar-refractivity contribution in [3.8, 4) is 5.75 Å². The molecular formula is C21H17NO4. The minimum absolute atomic E-state index is 0.0540. The Bertz CT molecular complexity index is 1010. The second-order valence-corrected chi connectivity index (χ2v) is 6.22. The van der Waals surface area contributed by atoms with Crippen LogP contribution in [-0.2, 0) is 16.0 Å². The molecule has 0 bridgehead atoms. The Kier molecular flexibility index (Phi) is 4.05. The average molecular weight is 347 g/mol. The number of fused-ring (bicyclic) bond motifs is 2. The van der Waals surface area contributed by atoms with E-state index < -0.39 is 5.97 Å². The van der Waals surface area contributed by atoms with Crippen LogP contribution < -0.4 is 4.90 Å². The Labute approximate surface area is 150 Å². The van der Waals surface area contributed by atoms with Crippen LogP contribution in [0.15, 0.2) is 60.7 Å². The van der Waals surface area contributed by atoms with E-state index in [1.165, 1.54) is 6.07 Å². The highest BCUT2D eigenvalue weighted by Crippen LogP contribution is 2.28. The van der Waals surface area contributed by atoms with E-state index in [4.69, 9.17) is 4.74 Å². The number of esters is 1. The maximum atomic E-state index is 12.4. The smallest absolute Gasteiger partial charge is 0.342 e. The van der Waals surface area contributed by atoms with Gasteiger partial charge in [0.2, 0.25) is 0 Å². The number of benzene rings is 3. The molecule has 1 heterocycles. The van der Waals surface area contributed by atoms with Crippen molar-refractivity contribution in [2.45, 2.75) is 6.42 Å². The van der Waals surface area contributed by atoms with Crippen molar-refractivity contribution in [1.82, 2.24) is 0 Å². The number of phenolic OH excluding ortho intramolecular Hbond substituents is 1. The van der Waals surface area contributed by atoms with Crippen molar-refractivity contribution in [3.63, 3.8) is 0 Å². The quantitative estimate of drug-likeness (QED) is 0.738. The molecule has 0 aromatic heterocycles. The van der Waals surface area contributed by atoms with Crippen molar-refractivity contribution in [1.29, 1.82) is 0 Å². The van der Waals surface area contributed by atoms with Crippen molar-refractivity contribution in [2.24, 2.45) is 0 Å². The summed E-state index contributed by atoms with van der Waals surface area (Å²) in [7, 11) is 0. The predicted molar refractivity (Wildman–Crippen MR) is 98.4 cm³/mol. The fraction of sp³-hybridized carbons (Fsp3) is 0.143. The Balaban J connectivity index is 1.48. The second kappa shape index (κ2) is 6.52. The van der Waals surface area contributed by atoms with Gasteiger partial charge in [0.15, 0.2) is 6.61 Å². The lowest BCUT2D eigenvalue weighted by Gasteiger charge is -2.17. The molecule has 0 unspecified atom stereocenters. The first kappa shape index (κ1) is 16.1. The fourth-order valence-corrected chi connectivity index (χ4v) is 3.27. The SMILES string of the molecule is O=C(OCC(=O)N1CCc2ccccc21)c1cc2ccccc2cc1O. The number of ether oxygens (including phenoxy) is 1. The van der Waals surface area contributed by atoms with E-state index in [2.05, 4.69) is 0 Å². The highest BCUT2D eigenvalue weighted by molar-refractivity contribution is 6.01. The third-order valence-electron chi connectivity index (χ3n) is 4.60. The first-order valence-corrected chi connectivity index (χ1v) is 8.40. The van der Waals surface area contributed by atoms with Crippen LogP contribution >= 0.6 is 0 Å². The lowest BCUT2D eigenvalue weighted by atomic mass is 10.1. The molecule has 0 atom stereocenters. The normalized spacial score (nSPS) is 12.8. The molecule has 4 rings (SSSR count). The zero-order valence-electron chi connectivity index (χ0n) is 14.0. The topological polar surface area (TPSA) is 66.8 Å². The lowest BCUT2D eigenvalue weighted by Crippen LogP contribution is -2.33. The fourth-order valence-electron chi connectivity index (χ4n) is 3.27. The maximum Gasteiger partial charge on any atom is 0.342 e. The molecule has 0 spiro atoms. The molecule has 0 aliphatic carbocycles. The van der Waals surface area contributed by atoms with Gasteiger partial charge in [0, 0.05) is 12.2 Å². The average Bonchev–Trinajstić information content (AvgIpc) is 3.09. The van der Waals surface area contributed by atoms with Crippen LogP contribution in [0.4, 0.5) is 5.69 Å². The van der Waals surface area contributed by atoms with E-state index in [9.17, 15) is 14.7 Å². The third-order valence-corrected chi connectivity index (χ3v) is 4.60. The molecule has 3 aromatic carbocycles. The monoisotopic (exact) mass is 347 g/mol. The summed E-state index contributed by atoms with van der Waals surface area (Å²) < 4.78 is 5.16. The summed E-state index contributed by atoms with van der Waals surface area (Å²) in [4.78, 5) is 26.4. The van der Waals surface area contributed by atoms with Gasteiger partial charge in [-0.3, -0.25) is 4.79 Å². The number of hydrogen-bond donors (Lipinski definition) is 1. The van der Waals surface area contributed by atoms with E-state index in [1.54, 1.807) is 11.0 Å². The Morgan fingerprint density at radius 1 is 1.00 bits per heavy atom. The van der Waals surface area contributed by atoms with Crippen molar-refractivity contribution >= 4 is 28.3 Å². The number of carbonyl (C=O) groups is 2. The zero-order chi connectivity index (χ0) is 18.1. The van der Waals surface area contributed by atoms with E-state index in [0.29, 0.717) is 6.54 Å². The summed E-state index contributed by atoms with van der Waals surface area (Å²) in [6.07, 6.45) is 0.793. The molecule has 1 amide bonds. The summed E-state index contributed by atoms with van der Waals surface area (Å²) in [5.41, 5.74) is 2.03. The number of amides is 1. The molecule has 1 aliphatic rings. The van der Waals surface area contributed by atoms with Crippen molar-refractivity contribution in [2.75, 3.05) is 18.1 Å². The zero-order valence-corrected chi connectivity index (χ0v) is 14.0. The second-order valence-electron chi connectivity index (χ2n) is 6.22. The highest BCUT2D eigenvalue weighted by Gasteiger charge is 2.25. The molecule has 5 heteroatoms. The number of rotatable bonds is 3. The largest absolute Gasteiger partial charge is 0.507 e. The van der Waals surface area contributed by atoms with Gasteiger partial charge < -0.3 is 14.7 Å². The van der Waals surface area contributed by atoms with Crippen LogP contribution in [0.5, 0.6) is 5.75 Å². The van der Waals surface area contributed by atoms with Gasteiger partial charge in [-0.25, -0.2) is 4.79 Å². The first-order chi connectivity index (χ1) is 12.6. The van der Waals surface area contributed by atoms with Crippen LogP contribution in [0.2, 0.25) is 0 Å². The summed E-state index contributed by atoms with van der Waals surface area (Å²) in [6, 6.07) is 18.2. The molecule has 26 heavy (non-hydrogen) atoms. The number of carbonyl (C=O) groups excluding carboxylic acids is 2. The Hall–Kier alpha value is -3.34. The number of anilines is 1. The van der Waals surface area contributed by atoms with Crippen LogP contribution in [0, 0.1) is 0 Å². The number of aromatic hydroxyl groups is 1. The van der Waals surface area contributed by atoms with Gasteiger partial charge >= 0.3 is 5.97 Å². The van der Waals surface area contributed by atoms with Gasteiger partial charge in [-0.15, -0.1) is 0 Å². The van der Waals surface area contributed by atoms with E-state index in [-0.39, 0.29) is 23.8 Å². The van der Waals surface area contributed by atoms with E-state index >= 15 is 0 Å². The minimum Gasteiger partial charge on any atom is -0.507 e. The maximum absolute atomic E-state index is 12.4. The standard InChI is InChI=1S/C21H17NO4/c23-19-12-16-7-2-1-6-15(16)11-17(19)21(25)26-13-20(24)22-10-9-14-5-3-4-8-18(14)22/h1-8,11-12,23H,9-10,13H2. The molecule has 130 valence electrons. The van der Waals surface area contributed by atoms with Crippen LogP contribution in [0.3, 0.4) is 0 Å². The molecule has 0 fully saturated rings. The van der Waals surface area contributed by atoms with Gasteiger partial charge in [-0.05, 0) is 41.0 Å². The predicted octanol–water partition coefficient (Wildman–Crippen LogP) is 3.29. The molecular weight excluding hydrogens is 330 g/mol. The Morgan fingerprint density at radius 2 is 1.69 bits per heavy atom. The van der Waals surface area contributed by atoms with Gasteiger partial charge in [0.05, 0.1) is 0 Å². The summed E-state index contributed by atoms with van der Waals surface area (Å²) >= 11 is 0. The molecule has 0 saturated heterocycles. The summed E-state index contributed by atoms with van der Waals surface area (Å²) in [5, 5.41) is 11.7. The van der Waals surface area contributed by atoms with Crippen LogP contribution in [-0.4, -0.2) is 30.1 Å². The number of phenols is 1. The number of hydrogen-bond acceptors (Lipinski definition) is 4. The molecule has 0 saturated carbocycles. The lowest BCUT2D eigenvalue weighted by molar-refractivity contribution is -0.121. The molecule has 0 radical (unpaired) electrons. The van der Waals surface area contributed by atoms with Crippen LogP contribution in [0.1, 0.15) is 15.9 Å². The van der Waals surface area contributed by atoms with Gasteiger partial charge in [-0.2, -0.15) is 0 Å². The number of nitrogens with zero attached hydrogens (tertiary/aromatic N) is 1. The van der Waals surface area contributed by atoms with E-state index in [1.807, 2.05) is 48.5 Å².